The molecule has 0 amide bonds. The molecule has 9 heteroatoms. The molecular weight excluding hydrogens is 410 g/mol. The second kappa shape index (κ2) is 8.18. The minimum Gasteiger partial charge on any atom is -0.496 e. The van der Waals surface area contributed by atoms with Crippen LogP contribution in [0.25, 0.3) is 0 Å². The zero-order valence-corrected chi connectivity index (χ0v) is 17.5. The van der Waals surface area contributed by atoms with Gasteiger partial charge in [0.05, 0.1) is 31.6 Å². The van der Waals surface area contributed by atoms with Crippen LogP contribution < -0.4 is 14.2 Å². The van der Waals surface area contributed by atoms with E-state index in [1.807, 2.05) is 0 Å². The summed E-state index contributed by atoms with van der Waals surface area (Å²) in [5, 5.41) is 0.0586. The number of benzene rings is 2. The summed E-state index contributed by atoms with van der Waals surface area (Å²) >= 11 is 7.43. The Kier molecular flexibility index (Phi) is 6.10. The standard InChI is InChI=1S/C18H20ClNO5S2/c1-23-15-11-17(25-3)16(24-2)10-14(15)18-20(8-9-26-18)27(21,22)13-6-4-12(19)5-7-13/h4-7,10-11,18H,8-9H2,1-3H3/t18-/m1/s1. The molecule has 1 aliphatic heterocycles. The third-order valence-electron chi connectivity index (χ3n) is 4.27. The van der Waals surface area contributed by atoms with E-state index in [-0.39, 0.29) is 4.90 Å². The van der Waals surface area contributed by atoms with E-state index in [9.17, 15) is 8.42 Å². The van der Waals surface area contributed by atoms with Crippen molar-refractivity contribution in [3.63, 3.8) is 0 Å². The average Bonchev–Trinajstić information content (AvgIpc) is 3.17. The fraction of sp³-hybridized carbons (Fsp3) is 0.333. The number of halogens is 1. The average molecular weight is 430 g/mol. The minimum absolute atomic E-state index is 0.207. The zero-order chi connectivity index (χ0) is 19.6. The van der Waals surface area contributed by atoms with E-state index in [1.54, 1.807) is 38.5 Å². The topological polar surface area (TPSA) is 65.1 Å². The molecule has 1 aliphatic rings. The van der Waals surface area contributed by atoms with Gasteiger partial charge in [-0.3, -0.25) is 0 Å². The molecule has 0 saturated carbocycles. The van der Waals surface area contributed by atoms with E-state index in [4.69, 9.17) is 25.8 Å². The fourth-order valence-corrected chi connectivity index (χ4v) is 6.31. The maximum absolute atomic E-state index is 13.2. The van der Waals surface area contributed by atoms with Gasteiger partial charge in [0.2, 0.25) is 10.0 Å². The van der Waals surface area contributed by atoms with Crippen molar-refractivity contribution >= 4 is 33.4 Å². The molecule has 1 heterocycles. The molecule has 6 nitrogen and oxygen atoms in total. The molecule has 0 N–H and O–H groups in total. The number of thioether (sulfide) groups is 1. The van der Waals surface area contributed by atoms with Gasteiger partial charge in [0.15, 0.2) is 11.5 Å². The molecule has 2 aromatic rings. The number of rotatable bonds is 6. The molecule has 0 radical (unpaired) electrons. The highest BCUT2D eigenvalue weighted by Crippen LogP contribution is 2.47. The lowest BCUT2D eigenvalue weighted by Crippen LogP contribution is -2.30. The van der Waals surface area contributed by atoms with Gasteiger partial charge in [-0.1, -0.05) is 11.6 Å². The van der Waals surface area contributed by atoms with Crippen molar-refractivity contribution in [3.05, 3.63) is 47.0 Å². The van der Waals surface area contributed by atoms with Crippen molar-refractivity contribution in [2.45, 2.75) is 10.3 Å². The monoisotopic (exact) mass is 429 g/mol. The normalized spacial score (nSPS) is 17.7. The second-order valence-electron chi connectivity index (χ2n) is 5.74. The zero-order valence-electron chi connectivity index (χ0n) is 15.1. The molecule has 27 heavy (non-hydrogen) atoms. The van der Waals surface area contributed by atoms with E-state index in [0.29, 0.717) is 34.6 Å². The van der Waals surface area contributed by atoms with Gasteiger partial charge < -0.3 is 14.2 Å². The SMILES string of the molecule is COc1cc(OC)c([C@H]2SCCN2S(=O)(=O)c2ccc(Cl)cc2)cc1OC. The summed E-state index contributed by atoms with van der Waals surface area (Å²) in [4.78, 5) is 0.207. The van der Waals surface area contributed by atoms with Gasteiger partial charge >= 0.3 is 0 Å². The summed E-state index contributed by atoms with van der Waals surface area (Å²) < 4.78 is 44.0. The number of nitrogens with zero attached hydrogens (tertiary/aromatic N) is 1. The number of sulfonamides is 1. The first-order valence-electron chi connectivity index (χ1n) is 8.11. The van der Waals surface area contributed by atoms with Gasteiger partial charge in [-0.25, -0.2) is 8.42 Å². The predicted octanol–water partition coefficient (Wildman–Crippen LogP) is 3.80. The van der Waals surface area contributed by atoms with Crippen LogP contribution in [0.15, 0.2) is 41.3 Å². The molecule has 3 rings (SSSR count). The Hall–Kier alpha value is -1.61. The molecule has 0 spiro atoms. The maximum atomic E-state index is 13.2. The molecule has 0 aromatic heterocycles. The second-order valence-corrected chi connectivity index (χ2v) is 9.26. The summed E-state index contributed by atoms with van der Waals surface area (Å²) in [7, 11) is 0.937. The van der Waals surface area contributed by atoms with E-state index in [1.165, 1.54) is 35.3 Å². The van der Waals surface area contributed by atoms with Gasteiger partial charge in [-0.15, -0.1) is 11.8 Å². The van der Waals surface area contributed by atoms with Crippen molar-refractivity contribution in [2.75, 3.05) is 33.6 Å². The van der Waals surface area contributed by atoms with Crippen LogP contribution in [0.1, 0.15) is 10.9 Å². The van der Waals surface area contributed by atoms with Gasteiger partial charge in [-0.05, 0) is 30.3 Å². The van der Waals surface area contributed by atoms with Crippen LogP contribution in [0.4, 0.5) is 0 Å². The summed E-state index contributed by atoms with van der Waals surface area (Å²) in [6.45, 7) is 0.401. The summed E-state index contributed by atoms with van der Waals surface area (Å²) in [5.74, 6) is 2.26. The third-order valence-corrected chi connectivity index (χ3v) is 7.78. The summed E-state index contributed by atoms with van der Waals surface area (Å²) in [6, 6.07) is 9.66. The van der Waals surface area contributed by atoms with Crippen molar-refractivity contribution in [1.29, 1.82) is 0 Å². The number of ether oxygens (including phenoxy) is 3. The van der Waals surface area contributed by atoms with Gasteiger partial charge in [0.25, 0.3) is 0 Å². The van der Waals surface area contributed by atoms with Crippen LogP contribution in [0.5, 0.6) is 17.2 Å². The first-order valence-corrected chi connectivity index (χ1v) is 11.0. The van der Waals surface area contributed by atoms with Crippen LogP contribution >= 0.6 is 23.4 Å². The largest absolute Gasteiger partial charge is 0.496 e. The van der Waals surface area contributed by atoms with Gasteiger partial charge in [0.1, 0.15) is 5.75 Å². The first-order chi connectivity index (χ1) is 12.9. The fourth-order valence-electron chi connectivity index (χ4n) is 2.93. The lowest BCUT2D eigenvalue weighted by molar-refractivity contribution is 0.344. The maximum Gasteiger partial charge on any atom is 0.244 e. The number of hydrogen-bond donors (Lipinski definition) is 0. The van der Waals surface area contributed by atoms with Crippen LogP contribution in [-0.4, -0.2) is 46.4 Å². The Morgan fingerprint density at radius 3 is 2.19 bits per heavy atom. The Bertz CT molecular complexity index is 918. The number of methoxy groups -OCH3 is 3. The molecule has 0 unspecified atom stereocenters. The third kappa shape index (κ3) is 3.85. The Balaban J connectivity index is 2.05. The lowest BCUT2D eigenvalue weighted by Gasteiger charge is -2.25. The van der Waals surface area contributed by atoms with E-state index in [2.05, 4.69) is 0 Å². The van der Waals surface area contributed by atoms with Gasteiger partial charge in [0, 0.05) is 29.0 Å². The van der Waals surface area contributed by atoms with Crippen LogP contribution in [-0.2, 0) is 10.0 Å². The van der Waals surface area contributed by atoms with Crippen molar-refractivity contribution < 1.29 is 22.6 Å². The van der Waals surface area contributed by atoms with Crippen molar-refractivity contribution in [3.8, 4) is 17.2 Å². The smallest absolute Gasteiger partial charge is 0.244 e. The quantitative estimate of drug-likeness (QED) is 0.695. The van der Waals surface area contributed by atoms with Crippen molar-refractivity contribution in [1.82, 2.24) is 4.31 Å². The first kappa shape index (κ1) is 20.1. The van der Waals surface area contributed by atoms with Crippen LogP contribution in [0, 0.1) is 0 Å². The Labute approximate surface area is 168 Å². The highest BCUT2D eigenvalue weighted by atomic mass is 35.5. The molecule has 0 bridgehead atoms. The molecule has 1 atom stereocenters. The molecule has 1 fully saturated rings. The Morgan fingerprint density at radius 2 is 1.59 bits per heavy atom. The molecular formula is C18H20ClNO5S2. The summed E-state index contributed by atoms with van der Waals surface area (Å²) in [5.41, 5.74) is 0.718. The number of hydrogen-bond acceptors (Lipinski definition) is 6. The predicted molar refractivity (Wildman–Crippen MR) is 107 cm³/mol. The van der Waals surface area contributed by atoms with E-state index < -0.39 is 15.4 Å². The van der Waals surface area contributed by atoms with E-state index in [0.717, 1.165) is 5.56 Å². The highest BCUT2D eigenvalue weighted by molar-refractivity contribution is 8.01. The van der Waals surface area contributed by atoms with Crippen LogP contribution in [0.3, 0.4) is 0 Å². The molecule has 0 aliphatic carbocycles. The minimum atomic E-state index is -3.69. The highest BCUT2D eigenvalue weighted by Gasteiger charge is 2.38. The van der Waals surface area contributed by atoms with Crippen LogP contribution in [0.2, 0.25) is 5.02 Å². The van der Waals surface area contributed by atoms with E-state index >= 15 is 0 Å². The summed E-state index contributed by atoms with van der Waals surface area (Å²) in [6.07, 6.45) is 0. The Morgan fingerprint density at radius 1 is 1.00 bits per heavy atom. The molecule has 2 aromatic carbocycles. The molecule has 1 saturated heterocycles. The van der Waals surface area contributed by atoms with Gasteiger partial charge in [-0.2, -0.15) is 4.31 Å². The van der Waals surface area contributed by atoms with Crippen molar-refractivity contribution in [2.24, 2.45) is 0 Å². The lowest BCUT2D eigenvalue weighted by atomic mass is 10.1. The molecule has 146 valence electrons.